The molecule has 0 radical (unpaired) electrons. The second-order valence-electron chi connectivity index (χ2n) is 5.39. The summed E-state index contributed by atoms with van der Waals surface area (Å²) in [6, 6.07) is 5.05. The molecule has 2 aromatic rings. The molecule has 0 saturated heterocycles. The number of benzene rings is 1. The van der Waals surface area contributed by atoms with E-state index in [4.69, 9.17) is 16.3 Å². The smallest absolute Gasteiger partial charge is 0.349 e. The van der Waals surface area contributed by atoms with Gasteiger partial charge in [-0.2, -0.15) is 0 Å². The molecule has 3 rings (SSSR count). The summed E-state index contributed by atoms with van der Waals surface area (Å²) in [6.07, 6.45) is 2.48. The quantitative estimate of drug-likeness (QED) is 0.874. The molecular formula is C15H14ClNO3S. The van der Waals surface area contributed by atoms with Gasteiger partial charge in [-0.05, 0) is 24.1 Å². The predicted octanol–water partition coefficient (Wildman–Crippen LogP) is 3.73. The Morgan fingerprint density at radius 1 is 1.57 bits per heavy atom. The Labute approximate surface area is 131 Å². The molecule has 1 aliphatic rings. The van der Waals surface area contributed by atoms with Crippen LogP contribution in [0.25, 0.3) is 0 Å². The fourth-order valence-electron chi connectivity index (χ4n) is 2.63. The first-order valence-electron chi connectivity index (χ1n) is 6.49. The second kappa shape index (κ2) is 5.00. The molecule has 1 N–H and O–H groups in total. The van der Waals surface area contributed by atoms with E-state index < -0.39 is 0 Å². The fourth-order valence-corrected chi connectivity index (χ4v) is 4.11. The summed E-state index contributed by atoms with van der Waals surface area (Å²) in [4.78, 5) is 16.3. The molecule has 110 valence electrons. The van der Waals surface area contributed by atoms with Crippen molar-refractivity contribution in [2.24, 2.45) is 0 Å². The van der Waals surface area contributed by atoms with E-state index in [1.807, 2.05) is 6.07 Å². The summed E-state index contributed by atoms with van der Waals surface area (Å²) in [7, 11) is 1.36. The fraction of sp³-hybridized carbons (Fsp3) is 0.333. The first-order valence-corrected chi connectivity index (χ1v) is 7.68. The molecule has 4 nitrogen and oxygen atoms in total. The molecule has 1 fully saturated rings. The molecule has 1 aromatic carbocycles. The van der Waals surface area contributed by atoms with Crippen LogP contribution in [-0.2, 0) is 10.2 Å². The molecule has 0 amide bonds. The monoisotopic (exact) mass is 323 g/mol. The Hall–Kier alpha value is -1.59. The van der Waals surface area contributed by atoms with Gasteiger partial charge in [-0.3, -0.25) is 0 Å². The Bertz CT molecular complexity index is 715. The van der Waals surface area contributed by atoms with Gasteiger partial charge in [0.15, 0.2) is 0 Å². The molecule has 1 heterocycles. The molecule has 21 heavy (non-hydrogen) atoms. The van der Waals surface area contributed by atoms with E-state index in [2.05, 4.69) is 11.9 Å². The lowest BCUT2D eigenvalue weighted by molar-refractivity contribution is 0.0606. The summed E-state index contributed by atoms with van der Waals surface area (Å²) in [5.41, 5.74) is 0.900. The zero-order chi connectivity index (χ0) is 15.2. The average Bonchev–Trinajstić information content (AvgIpc) is 2.92. The summed E-state index contributed by atoms with van der Waals surface area (Å²) in [5, 5.41) is 10.9. The van der Waals surface area contributed by atoms with Crippen molar-refractivity contribution in [2.45, 2.75) is 24.7 Å². The molecule has 2 unspecified atom stereocenters. The maximum absolute atomic E-state index is 11.5. The first kappa shape index (κ1) is 14.4. The Kier molecular flexibility index (Phi) is 3.42. The van der Waals surface area contributed by atoms with Crippen LogP contribution >= 0.6 is 22.9 Å². The minimum absolute atomic E-state index is 0.101. The van der Waals surface area contributed by atoms with Gasteiger partial charge >= 0.3 is 5.97 Å². The van der Waals surface area contributed by atoms with E-state index in [1.54, 1.807) is 18.3 Å². The molecule has 1 aromatic heterocycles. The number of ether oxygens (including phenoxy) is 1. The average molecular weight is 324 g/mol. The normalized spacial score (nSPS) is 23.9. The second-order valence-corrected chi connectivity index (χ2v) is 6.86. The SMILES string of the molecule is COC(=O)c1cnc(C2CC2(C)c2ccc(O)cc2Cl)s1. The topological polar surface area (TPSA) is 59.4 Å². The highest BCUT2D eigenvalue weighted by Gasteiger charge is 2.54. The van der Waals surface area contributed by atoms with Crippen LogP contribution in [0.5, 0.6) is 5.75 Å². The van der Waals surface area contributed by atoms with Gasteiger partial charge in [-0.25, -0.2) is 9.78 Å². The Morgan fingerprint density at radius 2 is 2.33 bits per heavy atom. The molecule has 6 heteroatoms. The van der Waals surface area contributed by atoms with Crippen LogP contribution < -0.4 is 0 Å². The zero-order valence-electron chi connectivity index (χ0n) is 11.6. The molecule has 1 saturated carbocycles. The number of phenols is 1. The number of phenolic OH excluding ortho intramolecular Hbond substituents is 1. The van der Waals surface area contributed by atoms with Crippen molar-refractivity contribution < 1.29 is 14.6 Å². The maximum Gasteiger partial charge on any atom is 0.349 e. The maximum atomic E-state index is 11.5. The van der Waals surface area contributed by atoms with Gasteiger partial charge in [0.25, 0.3) is 0 Å². The van der Waals surface area contributed by atoms with Crippen LogP contribution in [0.2, 0.25) is 5.02 Å². The third kappa shape index (κ3) is 2.40. The third-order valence-electron chi connectivity index (χ3n) is 4.01. The number of halogens is 1. The third-order valence-corrected chi connectivity index (χ3v) is 5.42. The minimum Gasteiger partial charge on any atom is -0.508 e. The lowest BCUT2D eigenvalue weighted by Gasteiger charge is -2.13. The highest BCUT2D eigenvalue weighted by molar-refractivity contribution is 7.13. The van der Waals surface area contributed by atoms with Crippen molar-refractivity contribution in [3.05, 3.63) is 44.9 Å². The van der Waals surface area contributed by atoms with E-state index in [9.17, 15) is 9.90 Å². The Balaban J connectivity index is 1.87. The summed E-state index contributed by atoms with van der Waals surface area (Å²) < 4.78 is 4.70. The van der Waals surface area contributed by atoms with Crippen molar-refractivity contribution in [1.29, 1.82) is 0 Å². The molecule has 0 aliphatic heterocycles. The number of hydrogen-bond donors (Lipinski definition) is 1. The number of carbonyl (C=O) groups excluding carboxylic acids is 1. The van der Waals surface area contributed by atoms with Crippen molar-refractivity contribution in [3.8, 4) is 5.75 Å². The molecular weight excluding hydrogens is 310 g/mol. The zero-order valence-corrected chi connectivity index (χ0v) is 13.2. The van der Waals surface area contributed by atoms with Gasteiger partial charge < -0.3 is 9.84 Å². The van der Waals surface area contributed by atoms with Crippen LogP contribution in [0.3, 0.4) is 0 Å². The number of thiazole rings is 1. The van der Waals surface area contributed by atoms with Gasteiger partial charge in [0.1, 0.15) is 10.6 Å². The predicted molar refractivity (Wildman–Crippen MR) is 81.3 cm³/mol. The molecule has 0 bridgehead atoms. The number of aromatic hydroxyl groups is 1. The van der Waals surface area contributed by atoms with Gasteiger partial charge in [0, 0.05) is 16.4 Å². The minimum atomic E-state index is -0.358. The van der Waals surface area contributed by atoms with Crippen LogP contribution in [0.15, 0.2) is 24.4 Å². The van der Waals surface area contributed by atoms with E-state index in [-0.39, 0.29) is 23.1 Å². The number of nitrogens with zero attached hydrogens (tertiary/aromatic N) is 1. The first-order chi connectivity index (χ1) is 9.95. The van der Waals surface area contributed by atoms with Crippen molar-refractivity contribution in [1.82, 2.24) is 4.98 Å². The number of hydrogen-bond acceptors (Lipinski definition) is 5. The number of carbonyl (C=O) groups is 1. The highest BCUT2D eigenvalue weighted by Crippen LogP contribution is 2.62. The Morgan fingerprint density at radius 3 is 3.00 bits per heavy atom. The van der Waals surface area contributed by atoms with Crippen LogP contribution in [0.1, 0.15) is 39.5 Å². The number of esters is 1. The van der Waals surface area contributed by atoms with Gasteiger partial charge in [0.2, 0.25) is 0 Å². The number of aromatic nitrogens is 1. The van der Waals surface area contributed by atoms with Crippen molar-refractivity contribution in [3.63, 3.8) is 0 Å². The summed E-state index contributed by atoms with van der Waals surface area (Å²) in [6.45, 7) is 2.12. The van der Waals surface area contributed by atoms with E-state index in [0.29, 0.717) is 9.90 Å². The summed E-state index contributed by atoms with van der Waals surface area (Å²) >= 11 is 7.60. The highest BCUT2D eigenvalue weighted by atomic mass is 35.5. The van der Waals surface area contributed by atoms with Gasteiger partial charge in [-0.15, -0.1) is 11.3 Å². The molecule has 1 aliphatic carbocycles. The molecule has 2 atom stereocenters. The van der Waals surface area contributed by atoms with Gasteiger partial charge in [-0.1, -0.05) is 24.6 Å². The lowest BCUT2D eigenvalue weighted by Crippen LogP contribution is -2.04. The van der Waals surface area contributed by atoms with E-state index in [0.717, 1.165) is 17.0 Å². The number of methoxy groups -OCH3 is 1. The van der Waals surface area contributed by atoms with E-state index in [1.165, 1.54) is 18.4 Å². The number of rotatable bonds is 3. The van der Waals surface area contributed by atoms with Crippen LogP contribution in [0.4, 0.5) is 0 Å². The van der Waals surface area contributed by atoms with Gasteiger partial charge in [0.05, 0.1) is 18.3 Å². The standard InChI is InChI=1S/C15H14ClNO3S/c1-15(9-4-3-8(18)5-11(9)16)6-10(15)13-17-7-12(21-13)14(19)20-2/h3-5,7,10,18H,6H2,1-2H3. The summed E-state index contributed by atoms with van der Waals surface area (Å²) in [5.74, 6) is 0.0403. The van der Waals surface area contributed by atoms with Crippen LogP contribution in [0, 0.1) is 0 Å². The largest absolute Gasteiger partial charge is 0.508 e. The molecule has 0 spiro atoms. The van der Waals surface area contributed by atoms with Crippen molar-refractivity contribution >= 4 is 28.9 Å². The van der Waals surface area contributed by atoms with E-state index >= 15 is 0 Å². The van der Waals surface area contributed by atoms with Crippen molar-refractivity contribution in [2.75, 3.05) is 7.11 Å². The lowest BCUT2D eigenvalue weighted by atomic mass is 9.95. The van der Waals surface area contributed by atoms with Crippen LogP contribution in [-0.4, -0.2) is 23.2 Å².